The molecule has 5 rings (SSSR count). The third-order valence-corrected chi connectivity index (χ3v) is 5.69. The van der Waals surface area contributed by atoms with Crippen LogP contribution in [0.5, 0.6) is 0 Å². The zero-order valence-corrected chi connectivity index (χ0v) is 16.0. The van der Waals surface area contributed by atoms with Crippen molar-refractivity contribution in [2.45, 2.75) is 38.1 Å². The van der Waals surface area contributed by atoms with Crippen LogP contribution in [0.4, 0.5) is 23.1 Å². The molecule has 2 heterocycles. The van der Waals surface area contributed by atoms with Gasteiger partial charge in [0, 0.05) is 24.8 Å². The summed E-state index contributed by atoms with van der Waals surface area (Å²) in [5.74, 6) is 2.09. The monoisotopic (exact) mass is 377 g/mol. The number of amides is 1. The molecule has 2 aliphatic rings. The molecule has 0 aliphatic heterocycles. The van der Waals surface area contributed by atoms with Crippen LogP contribution in [0.15, 0.2) is 36.5 Å². The summed E-state index contributed by atoms with van der Waals surface area (Å²) in [6.45, 7) is 0. The summed E-state index contributed by atoms with van der Waals surface area (Å²) < 4.78 is 0. The van der Waals surface area contributed by atoms with Crippen LogP contribution in [0.25, 0.3) is 11.0 Å². The Morgan fingerprint density at radius 1 is 1.18 bits per heavy atom. The number of carbonyl (C=O) groups is 1. The summed E-state index contributed by atoms with van der Waals surface area (Å²) in [5.41, 5.74) is 2.67. The van der Waals surface area contributed by atoms with Gasteiger partial charge in [0.1, 0.15) is 0 Å². The molecule has 0 unspecified atom stereocenters. The van der Waals surface area contributed by atoms with Crippen LogP contribution < -0.4 is 20.5 Å². The highest BCUT2D eigenvalue weighted by Crippen LogP contribution is 2.32. The van der Waals surface area contributed by atoms with Crippen molar-refractivity contribution in [1.82, 2.24) is 9.97 Å². The van der Waals surface area contributed by atoms with Gasteiger partial charge in [-0.15, -0.1) is 0 Å². The van der Waals surface area contributed by atoms with Crippen LogP contribution in [0.2, 0.25) is 0 Å². The van der Waals surface area contributed by atoms with E-state index in [4.69, 9.17) is 0 Å². The third-order valence-electron chi connectivity index (χ3n) is 5.69. The molecule has 2 fully saturated rings. The fourth-order valence-electron chi connectivity index (χ4n) is 3.55. The molecule has 2 aliphatic carbocycles. The molecular formula is C21H25N6O+. The van der Waals surface area contributed by atoms with E-state index < -0.39 is 0 Å². The molecule has 2 aromatic heterocycles. The second kappa shape index (κ2) is 6.82. The Hall–Kier alpha value is -3.09. The van der Waals surface area contributed by atoms with Crippen LogP contribution in [0.3, 0.4) is 0 Å². The molecule has 144 valence electrons. The molecule has 1 aromatic carbocycles. The number of rotatable bonds is 6. The topological polar surface area (TPSA) is 87.2 Å². The molecule has 3 aromatic rings. The van der Waals surface area contributed by atoms with Crippen molar-refractivity contribution in [2.24, 2.45) is 5.92 Å². The van der Waals surface area contributed by atoms with Gasteiger partial charge in [-0.2, -0.15) is 0 Å². The highest BCUT2D eigenvalue weighted by atomic mass is 16.2. The summed E-state index contributed by atoms with van der Waals surface area (Å²) in [6, 6.07) is 10.4. The maximum Gasteiger partial charge on any atom is 0.351 e. The number of nitrogens with zero attached hydrogens (tertiary/aromatic N) is 2. The van der Waals surface area contributed by atoms with Crippen LogP contribution in [0.1, 0.15) is 32.1 Å². The predicted molar refractivity (Wildman–Crippen MR) is 110 cm³/mol. The van der Waals surface area contributed by atoms with E-state index in [9.17, 15) is 4.79 Å². The van der Waals surface area contributed by atoms with Gasteiger partial charge in [0.2, 0.25) is 17.4 Å². The van der Waals surface area contributed by atoms with Gasteiger partial charge < -0.3 is 15.2 Å². The van der Waals surface area contributed by atoms with Crippen LogP contribution >= 0.6 is 0 Å². The molecule has 7 heteroatoms. The number of nitrogens with one attached hydrogen (secondary N) is 4. The molecule has 0 atom stereocenters. The smallest absolute Gasteiger partial charge is 0.336 e. The van der Waals surface area contributed by atoms with Crippen LogP contribution in [0, 0.1) is 5.92 Å². The molecule has 1 amide bonds. The normalized spacial score (nSPS) is 16.6. The first-order valence-electron chi connectivity index (χ1n) is 9.99. The van der Waals surface area contributed by atoms with E-state index in [2.05, 4.69) is 25.6 Å². The largest absolute Gasteiger partial charge is 0.351 e. The van der Waals surface area contributed by atoms with Crippen molar-refractivity contribution in [1.29, 1.82) is 0 Å². The minimum absolute atomic E-state index is 0.208. The first-order valence-corrected chi connectivity index (χ1v) is 9.99. The number of fused-ring (bicyclic) bond motifs is 1. The number of aromatic amines is 2. The van der Waals surface area contributed by atoms with Gasteiger partial charge in [-0.25, -0.2) is 4.98 Å². The maximum absolute atomic E-state index is 12.2. The molecular weight excluding hydrogens is 352 g/mol. The van der Waals surface area contributed by atoms with Crippen molar-refractivity contribution in [2.75, 3.05) is 22.6 Å². The minimum atomic E-state index is 0.208. The highest BCUT2D eigenvalue weighted by molar-refractivity contribution is 5.96. The Morgan fingerprint density at radius 2 is 1.96 bits per heavy atom. The Balaban J connectivity index is 1.35. The third kappa shape index (κ3) is 3.28. The summed E-state index contributed by atoms with van der Waals surface area (Å²) in [4.78, 5) is 25.2. The Morgan fingerprint density at radius 3 is 2.64 bits per heavy atom. The van der Waals surface area contributed by atoms with Gasteiger partial charge in [0.05, 0.1) is 17.1 Å². The van der Waals surface area contributed by atoms with E-state index in [-0.39, 0.29) is 11.8 Å². The number of hydrogen-bond donors (Lipinski definition) is 3. The lowest BCUT2D eigenvalue weighted by atomic mass is 9.93. The zero-order chi connectivity index (χ0) is 19.1. The average molecular weight is 377 g/mol. The first kappa shape index (κ1) is 17.0. The van der Waals surface area contributed by atoms with Gasteiger partial charge in [-0.3, -0.25) is 10.1 Å². The molecule has 7 nitrogen and oxygen atoms in total. The van der Waals surface area contributed by atoms with Crippen molar-refractivity contribution in [3.63, 3.8) is 0 Å². The molecule has 0 spiro atoms. The van der Waals surface area contributed by atoms with Gasteiger partial charge in [-0.05, 0) is 62.4 Å². The molecule has 4 N–H and O–H groups in total. The summed E-state index contributed by atoms with van der Waals surface area (Å²) in [5, 5.41) is 7.99. The predicted octanol–water partition coefficient (Wildman–Crippen LogP) is 3.46. The number of aromatic nitrogens is 3. The van der Waals surface area contributed by atoms with E-state index in [0.717, 1.165) is 41.1 Å². The first-order chi connectivity index (χ1) is 13.7. The molecule has 0 saturated heterocycles. The van der Waals surface area contributed by atoms with Crippen molar-refractivity contribution in [3.05, 3.63) is 36.5 Å². The summed E-state index contributed by atoms with van der Waals surface area (Å²) >= 11 is 0. The molecule has 0 radical (unpaired) electrons. The van der Waals surface area contributed by atoms with E-state index in [1.165, 1.54) is 19.3 Å². The van der Waals surface area contributed by atoms with Crippen LogP contribution in [-0.4, -0.2) is 29.0 Å². The van der Waals surface area contributed by atoms with E-state index in [0.29, 0.717) is 12.0 Å². The lowest BCUT2D eigenvalue weighted by Crippen LogP contribution is -2.31. The number of anilines is 4. The molecule has 0 bridgehead atoms. The Bertz CT molecular complexity index is 1000. The lowest BCUT2D eigenvalue weighted by molar-refractivity contribution is -0.346. The molecule has 2 saturated carbocycles. The second-order valence-electron chi connectivity index (χ2n) is 7.82. The Kier molecular flexibility index (Phi) is 4.15. The van der Waals surface area contributed by atoms with Crippen LogP contribution in [-0.2, 0) is 4.79 Å². The van der Waals surface area contributed by atoms with Gasteiger partial charge >= 0.3 is 5.95 Å². The quantitative estimate of drug-likeness (QED) is 0.614. The highest BCUT2D eigenvalue weighted by Gasteiger charge is 2.32. The standard InChI is InChI=1S/C21H24N6O/c1-27(20(28)13-5-6-13)16-9-7-15(8-10-16)24-21-25-18-17(11-12-22-18)19(26-21)23-14-3-2-4-14/h7-14H,2-6H2,1H3,(H3,22,23,24,25,26)/p+1. The van der Waals surface area contributed by atoms with Gasteiger partial charge in [-0.1, -0.05) is 4.98 Å². The minimum Gasteiger partial charge on any atom is -0.336 e. The number of carbonyl (C=O) groups excluding carboxylic acids is 1. The summed E-state index contributed by atoms with van der Waals surface area (Å²) in [6.07, 6.45) is 7.64. The van der Waals surface area contributed by atoms with Crippen molar-refractivity contribution in [3.8, 4) is 0 Å². The number of hydrogen-bond acceptors (Lipinski definition) is 4. The fraction of sp³-hybridized carbons (Fsp3) is 0.381. The lowest BCUT2D eigenvalue weighted by Gasteiger charge is -2.24. The SMILES string of the molecule is CN(C(=O)C1CC1)c1ccc(Nc2nc3[nH]ccc3c(NC3CCC3)[nH+]2)cc1. The van der Waals surface area contributed by atoms with Crippen molar-refractivity contribution < 1.29 is 9.78 Å². The Labute approximate surface area is 163 Å². The fourth-order valence-corrected chi connectivity index (χ4v) is 3.55. The van der Waals surface area contributed by atoms with Gasteiger partial charge in [0.25, 0.3) is 0 Å². The number of H-pyrrole nitrogens is 2. The maximum atomic E-state index is 12.2. The summed E-state index contributed by atoms with van der Waals surface area (Å²) in [7, 11) is 1.84. The van der Waals surface area contributed by atoms with E-state index in [1.54, 1.807) is 4.90 Å². The zero-order valence-electron chi connectivity index (χ0n) is 16.0. The van der Waals surface area contributed by atoms with Crippen molar-refractivity contribution >= 4 is 40.1 Å². The van der Waals surface area contributed by atoms with Gasteiger partial charge in [0.15, 0.2) is 0 Å². The van der Waals surface area contributed by atoms with E-state index >= 15 is 0 Å². The molecule has 28 heavy (non-hydrogen) atoms. The average Bonchev–Trinajstić information content (AvgIpc) is 3.41. The number of benzene rings is 1. The second-order valence-corrected chi connectivity index (χ2v) is 7.82. The van der Waals surface area contributed by atoms with E-state index in [1.807, 2.05) is 43.6 Å².